The van der Waals surface area contributed by atoms with Crippen molar-refractivity contribution in [3.63, 3.8) is 0 Å². The molecule has 0 saturated heterocycles. The highest BCUT2D eigenvalue weighted by Gasteiger charge is 2.12. The minimum atomic E-state index is -1.19. The molecule has 0 spiro atoms. The number of hydrogen-bond acceptors (Lipinski definition) is 3. The zero-order valence-corrected chi connectivity index (χ0v) is 9.27. The Labute approximate surface area is 100 Å². The van der Waals surface area contributed by atoms with E-state index in [0.717, 1.165) is 0 Å². The molecule has 0 aromatic carbocycles. The molecule has 0 saturated carbocycles. The first kappa shape index (κ1) is 10.9. The number of pyridine rings is 1. The molecule has 1 N–H and O–H groups in total. The van der Waals surface area contributed by atoms with Gasteiger partial charge in [0.15, 0.2) is 11.5 Å². The molecule has 0 bridgehead atoms. The van der Waals surface area contributed by atoms with Crippen molar-refractivity contribution in [1.82, 2.24) is 14.8 Å². The summed E-state index contributed by atoms with van der Waals surface area (Å²) in [7, 11) is 0. The van der Waals surface area contributed by atoms with Gasteiger partial charge in [-0.1, -0.05) is 23.2 Å². The molecule has 0 aliphatic carbocycles. The zero-order chi connectivity index (χ0) is 11.7. The Morgan fingerprint density at radius 2 is 2.12 bits per heavy atom. The third kappa shape index (κ3) is 2.00. The van der Waals surface area contributed by atoms with E-state index in [1.165, 1.54) is 23.1 Å². The molecule has 2 rings (SSSR count). The van der Waals surface area contributed by atoms with Crippen LogP contribution in [0.4, 0.5) is 0 Å². The van der Waals surface area contributed by atoms with Crippen LogP contribution in [0.1, 0.15) is 10.5 Å². The van der Waals surface area contributed by atoms with Crippen LogP contribution in [-0.4, -0.2) is 25.8 Å². The quantitative estimate of drug-likeness (QED) is 0.897. The van der Waals surface area contributed by atoms with Crippen LogP contribution in [0.2, 0.25) is 10.0 Å². The number of hydrogen-bond donors (Lipinski definition) is 1. The normalized spacial score (nSPS) is 10.4. The molecule has 5 nitrogen and oxygen atoms in total. The van der Waals surface area contributed by atoms with E-state index in [2.05, 4.69) is 10.1 Å². The summed E-state index contributed by atoms with van der Waals surface area (Å²) >= 11 is 11.4. The van der Waals surface area contributed by atoms with Crippen LogP contribution >= 0.6 is 23.2 Å². The Balaban J connectivity index is 2.51. The third-order valence-electron chi connectivity index (χ3n) is 1.82. The Morgan fingerprint density at radius 1 is 1.38 bits per heavy atom. The molecule has 16 heavy (non-hydrogen) atoms. The lowest BCUT2D eigenvalue weighted by molar-refractivity contribution is 0.0690. The van der Waals surface area contributed by atoms with Crippen LogP contribution in [-0.2, 0) is 0 Å². The first-order valence-corrected chi connectivity index (χ1v) is 4.94. The number of carbonyl (C=O) groups is 1. The predicted molar refractivity (Wildman–Crippen MR) is 58.3 cm³/mol. The highest BCUT2D eigenvalue weighted by molar-refractivity contribution is 6.33. The number of halogens is 2. The SMILES string of the molecule is O=C(O)c1nc(-n2cc(Cl)cn2)ccc1Cl. The Bertz CT molecular complexity index is 553. The smallest absolute Gasteiger partial charge is 0.356 e. The molecule has 0 radical (unpaired) electrons. The molecule has 0 atom stereocenters. The Kier molecular flexibility index (Phi) is 2.80. The van der Waals surface area contributed by atoms with Crippen LogP contribution in [0.25, 0.3) is 5.82 Å². The second kappa shape index (κ2) is 4.11. The van der Waals surface area contributed by atoms with Crippen molar-refractivity contribution >= 4 is 29.2 Å². The maximum absolute atomic E-state index is 10.8. The van der Waals surface area contributed by atoms with E-state index in [4.69, 9.17) is 28.3 Å². The van der Waals surface area contributed by atoms with Gasteiger partial charge in [-0.15, -0.1) is 0 Å². The first-order valence-electron chi connectivity index (χ1n) is 4.18. The monoisotopic (exact) mass is 257 g/mol. The van der Waals surface area contributed by atoms with E-state index >= 15 is 0 Å². The van der Waals surface area contributed by atoms with Crippen molar-refractivity contribution < 1.29 is 9.90 Å². The number of carboxylic acids is 1. The summed E-state index contributed by atoms with van der Waals surface area (Å²) < 4.78 is 1.37. The molecule has 2 aromatic rings. The standard InChI is InChI=1S/C9H5Cl2N3O2/c10-5-3-12-14(4-5)7-2-1-6(11)8(13-7)9(15)16/h1-4H,(H,15,16). The van der Waals surface area contributed by atoms with Gasteiger partial charge in [0, 0.05) is 0 Å². The summed E-state index contributed by atoms with van der Waals surface area (Å²) in [4.78, 5) is 14.7. The van der Waals surface area contributed by atoms with Crippen molar-refractivity contribution in [2.24, 2.45) is 0 Å². The molecule has 0 aliphatic rings. The molecule has 82 valence electrons. The van der Waals surface area contributed by atoms with Crippen molar-refractivity contribution in [3.8, 4) is 5.82 Å². The average molecular weight is 258 g/mol. The summed E-state index contributed by atoms with van der Waals surface area (Å²) in [5.41, 5.74) is -0.217. The average Bonchev–Trinajstić information content (AvgIpc) is 2.65. The van der Waals surface area contributed by atoms with Crippen LogP contribution in [0, 0.1) is 0 Å². The lowest BCUT2D eigenvalue weighted by Crippen LogP contribution is -2.06. The van der Waals surface area contributed by atoms with Gasteiger partial charge in [0.1, 0.15) is 0 Å². The van der Waals surface area contributed by atoms with Crippen molar-refractivity contribution in [2.45, 2.75) is 0 Å². The van der Waals surface area contributed by atoms with Gasteiger partial charge in [-0.3, -0.25) is 0 Å². The van der Waals surface area contributed by atoms with E-state index in [-0.39, 0.29) is 10.7 Å². The third-order valence-corrected chi connectivity index (χ3v) is 2.32. The maximum atomic E-state index is 10.8. The first-order chi connectivity index (χ1) is 7.58. The minimum absolute atomic E-state index is 0.0782. The van der Waals surface area contributed by atoms with Gasteiger partial charge >= 0.3 is 5.97 Å². The van der Waals surface area contributed by atoms with Gasteiger partial charge in [-0.25, -0.2) is 14.5 Å². The van der Waals surface area contributed by atoms with Crippen molar-refractivity contribution in [1.29, 1.82) is 0 Å². The van der Waals surface area contributed by atoms with Gasteiger partial charge in [-0.2, -0.15) is 5.10 Å². The Morgan fingerprint density at radius 3 is 2.69 bits per heavy atom. The second-order valence-corrected chi connectivity index (χ2v) is 3.75. The zero-order valence-electron chi connectivity index (χ0n) is 7.76. The molecular formula is C9H5Cl2N3O2. The number of nitrogens with zero attached hydrogens (tertiary/aromatic N) is 3. The topological polar surface area (TPSA) is 68.0 Å². The molecule has 2 heterocycles. The number of aromatic carboxylic acids is 1. The second-order valence-electron chi connectivity index (χ2n) is 2.91. The fourth-order valence-electron chi connectivity index (χ4n) is 1.14. The Hall–Kier alpha value is -1.59. The van der Waals surface area contributed by atoms with Crippen molar-refractivity contribution in [3.05, 3.63) is 40.3 Å². The lowest BCUT2D eigenvalue weighted by atomic mass is 10.3. The minimum Gasteiger partial charge on any atom is -0.476 e. The molecule has 0 aliphatic heterocycles. The maximum Gasteiger partial charge on any atom is 0.356 e. The summed E-state index contributed by atoms with van der Waals surface area (Å²) in [5, 5.41) is 13.3. The van der Waals surface area contributed by atoms with Crippen LogP contribution in [0.3, 0.4) is 0 Å². The van der Waals surface area contributed by atoms with E-state index < -0.39 is 5.97 Å². The summed E-state index contributed by atoms with van der Waals surface area (Å²) in [6.07, 6.45) is 2.95. The molecular weight excluding hydrogens is 253 g/mol. The van der Waals surface area contributed by atoms with Crippen LogP contribution in [0.5, 0.6) is 0 Å². The number of aromatic nitrogens is 3. The van der Waals surface area contributed by atoms with Gasteiger partial charge < -0.3 is 5.11 Å². The summed E-state index contributed by atoms with van der Waals surface area (Å²) in [6.45, 7) is 0. The van der Waals surface area contributed by atoms with E-state index in [1.54, 1.807) is 6.07 Å². The summed E-state index contributed by atoms with van der Waals surface area (Å²) in [6, 6.07) is 3.00. The van der Waals surface area contributed by atoms with E-state index in [9.17, 15) is 4.79 Å². The van der Waals surface area contributed by atoms with E-state index in [0.29, 0.717) is 10.8 Å². The largest absolute Gasteiger partial charge is 0.476 e. The van der Waals surface area contributed by atoms with Crippen LogP contribution < -0.4 is 0 Å². The van der Waals surface area contributed by atoms with Gasteiger partial charge in [-0.05, 0) is 12.1 Å². The fraction of sp³-hybridized carbons (Fsp3) is 0. The number of carboxylic acid groups (broad SMARTS) is 1. The summed E-state index contributed by atoms with van der Waals surface area (Å²) in [5.74, 6) is -0.848. The predicted octanol–water partition coefficient (Wildman–Crippen LogP) is 2.27. The van der Waals surface area contributed by atoms with Crippen molar-refractivity contribution in [2.75, 3.05) is 0 Å². The van der Waals surface area contributed by atoms with E-state index in [1.807, 2.05) is 0 Å². The van der Waals surface area contributed by atoms with Gasteiger partial charge in [0.2, 0.25) is 0 Å². The lowest BCUT2D eigenvalue weighted by Gasteiger charge is -2.02. The number of rotatable bonds is 2. The van der Waals surface area contributed by atoms with Gasteiger partial charge in [0.25, 0.3) is 0 Å². The fourth-order valence-corrected chi connectivity index (χ4v) is 1.46. The molecule has 0 amide bonds. The molecule has 0 fully saturated rings. The highest BCUT2D eigenvalue weighted by atomic mass is 35.5. The van der Waals surface area contributed by atoms with Gasteiger partial charge in [0.05, 0.1) is 22.4 Å². The molecule has 2 aromatic heterocycles. The molecule has 0 unspecified atom stereocenters. The highest BCUT2D eigenvalue weighted by Crippen LogP contribution is 2.17. The van der Waals surface area contributed by atoms with Crippen LogP contribution in [0.15, 0.2) is 24.5 Å². The molecule has 7 heteroatoms.